The Kier molecular flexibility index (Phi) is 5.36. The van der Waals surface area contributed by atoms with E-state index in [1.54, 1.807) is 6.20 Å². The van der Waals surface area contributed by atoms with E-state index in [1.165, 1.54) is 25.7 Å². The van der Waals surface area contributed by atoms with Crippen LogP contribution in [0.1, 0.15) is 54.7 Å². The first-order valence-electron chi connectivity index (χ1n) is 9.98. The Morgan fingerprint density at radius 2 is 1.96 bits per heavy atom. The number of carbonyl (C=O) groups is 1. The van der Waals surface area contributed by atoms with Crippen molar-refractivity contribution in [2.24, 2.45) is 5.92 Å². The topological polar surface area (TPSA) is 73.1 Å². The first kappa shape index (κ1) is 17.9. The van der Waals surface area contributed by atoms with Crippen molar-refractivity contribution in [2.75, 3.05) is 13.1 Å². The molecule has 4 rings (SSSR count). The van der Waals surface area contributed by atoms with Crippen LogP contribution in [0.3, 0.4) is 0 Å². The summed E-state index contributed by atoms with van der Waals surface area (Å²) in [4.78, 5) is 19.0. The van der Waals surface area contributed by atoms with Crippen molar-refractivity contribution in [1.82, 2.24) is 24.9 Å². The largest absolute Gasteiger partial charge is 0.474 e. The van der Waals surface area contributed by atoms with Gasteiger partial charge in [0, 0.05) is 44.7 Å². The van der Waals surface area contributed by atoms with Crippen LogP contribution in [-0.2, 0) is 6.54 Å². The maximum Gasteiger partial charge on any atom is 0.276 e. The molecule has 0 spiro atoms. The number of carbonyl (C=O) groups excluding carboxylic acids is 1. The van der Waals surface area contributed by atoms with Crippen molar-refractivity contribution in [3.63, 3.8) is 0 Å². The van der Waals surface area contributed by atoms with E-state index in [4.69, 9.17) is 4.74 Å². The SMILES string of the molecule is Cc1c(C(=O)N2CCC(Oc3ccccn3)CC2)nnn1CC1CCCC1. The van der Waals surface area contributed by atoms with Gasteiger partial charge in [0.05, 0.1) is 5.69 Å². The van der Waals surface area contributed by atoms with Crippen molar-refractivity contribution in [2.45, 2.75) is 58.1 Å². The molecule has 2 aromatic heterocycles. The Morgan fingerprint density at radius 3 is 2.67 bits per heavy atom. The summed E-state index contributed by atoms with van der Waals surface area (Å²) in [7, 11) is 0. The first-order valence-corrected chi connectivity index (χ1v) is 9.98. The molecule has 27 heavy (non-hydrogen) atoms. The molecule has 3 heterocycles. The van der Waals surface area contributed by atoms with Gasteiger partial charge in [-0.15, -0.1) is 5.10 Å². The van der Waals surface area contributed by atoms with Crippen LogP contribution in [0.5, 0.6) is 5.88 Å². The van der Waals surface area contributed by atoms with Crippen molar-refractivity contribution >= 4 is 5.91 Å². The zero-order valence-electron chi connectivity index (χ0n) is 15.9. The van der Waals surface area contributed by atoms with Crippen molar-refractivity contribution in [3.05, 3.63) is 35.8 Å². The van der Waals surface area contributed by atoms with Crippen LogP contribution in [0.2, 0.25) is 0 Å². The highest BCUT2D eigenvalue weighted by Gasteiger charge is 2.28. The van der Waals surface area contributed by atoms with Gasteiger partial charge in [-0.05, 0) is 31.7 Å². The molecule has 1 aliphatic carbocycles. The van der Waals surface area contributed by atoms with E-state index in [0.717, 1.165) is 25.1 Å². The third kappa shape index (κ3) is 4.12. The summed E-state index contributed by atoms with van der Waals surface area (Å²) >= 11 is 0. The molecule has 0 bridgehead atoms. The second-order valence-electron chi connectivity index (χ2n) is 7.63. The van der Waals surface area contributed by atoms with Gasteiger partial charge in [-0.25, -0.2) is 9.67 Å². The standard InChI is InChI=1S/C20H27N5O2/c1-15-19(22-23-25(15)14-16-6-2-3-7-16)20(26)24-12-9-17(10-13-24)27-18-8-4-5-11-21-18/h4-5,8,11,16-17H,2-3,6-7,9-10,12-14H2,1H3. The van der Waals surface area contributed by atoms with E-state index in [0.29, 0.717) is 30.6 Å². The van der Waals surface area contributed by atoms with Crippen LogP contribution in [0.4, 0.5) is 0 Å². The van der Waals surface area contributed by atoms with Crippen LogP contribution in [0.25, 0.3) is 0 Å². The number of likely N-dealkylation sites (tertiary alicyclic amines) is 1. The molecule has 2 fully saturated rings. The normalized spacial score (nSPS) is 18.8. The highest BCUT2D eigenvalue weighted by atomic mass is 16.5. The number of pyridine rings is 1. The number of nitrogens with zero attached hydrogens (tertiary/aromatic N) is 5. The highest BCUT2D eigenvalue weighted by molar-refractivity contribution is 5.93. The van der Waals surface area contributed by atoms with Crippen LogP contribution in [0, 0.1) is 12.8 Å². The van der Waals surface area contributed by atoms with Gasteiger partial charge in [-0.3, -0.25) is 4.79 Å². The van der Waals surface area contributed by atoms with Crippen LogP contribution in [0.15, 0.2) is 24.4 Å². The van der Waals surface area contributed by atoms with E-state index in [2.05, 4.69) is 15.3 Å². The average Bonchev–Trinajstić information content (AvgIpc) is 3.34. The van der Waals surface area contributed by atoms with Crippen LogP contribution < -0.4 is 4.74 Å². The van der Waals surface area contributed by atoms with Gasteiger partial charge in [0.2, 0.25) is 5.88 Å². The number of amides is 1. The molecule has 0 unspecified atom stereocenters. The lowest BCUT2D eigenvalue weighted by atomic mass is 10.1. The van der Waals surface area contributed by atoms with Gasteiger partial charge >= 0.3 is 0 Å². The summed E-state index contributed by atoms with van der Waals surface area (Å²) in [5, 5.41) is 8.45. The average molecular weight is 369 g/mol. The van der Waals surface area contributed by atoms with Gasteiger partial charge in [-0.2, -0.15) is 0 Å². The third-order valence-electron chi connectivity index (χ3n) is 5.75. The molecule has 0 atom stereocenters. The highest BCUT2D eigenvalue weighted by Crippen LogP contribution is 2.26. The fourth-order valence-corrected chi connectivity index (χ4v) is 4.08. The van der Waals surface area contributed by atoms with Gasteiger partial charge in [0.15, 0.2) is 5.69 Å². The Balaban J connectivity index is 1.33. The summed E-state index contributed by atoms with van der Waals surface area (Å²) in [6.45, 7) is 4.18. The fraction of sp³-hybridized carbons (Fsp3) is 0.600. The molecule has 0 aromatic carbocycles. The summed E-state index contributed by atoms with van der Waals surface area (Å²) in [5.41, 5.74) is 1.39. The Bertz CT molecular complexity index is 762. The summed E-state index contributed by atoms with van der Waals surface area (Å²) in [5.74, 6) is 1.31. The Labute approximate surface area is 159 Å². The second kappa shape index (κ2) is 8.06. The number of rotatable bonds is 5. The maximum atomic E-state index is 12.9. The quantitative estimate of drug-likeness (QED) is 0.810. The zero-order valence-corrected chi connectivity index (χ0v) is 15.9. The number of hydrogen-bond donors (Lipinski definition) is 0. The molecule has 2 aliphatic rings. The third-order valence-corrected chi connectivity index (χ3v) is 5.75. The smallest absolute Gasteiger partial charge is 0.276 e. The van der Waals surface area contributed by atoms with Gasteiger partial charge in [0.1, 0.15) is 6.10 Å². The van der Waals surface area contributed by atoms with E-state index in [-0.39, 0.29) is 12.0 Å². The summed E-state index contributed by atoms with van der Waals surface area (Å²) in [6.07, 6.45) is 8.56. The molecule has 1 aliphatic heterocycles. The molecule has 1 amide bonds. The fourth-order valence-electron chi connectivity index (χ4n) is 4.08. The number of ether oxygens (including phenoxy) is 1. The first-order chi connectivity index (χ1) is 13.2. The molecule has 144 valence electrons. The number of piperidine rings is 1. The van der Waals surface area contributed by atoms with E-state index in [1.807, 2.05) is 34.7 Å². The second-order valence-corrected chi connectivity index (χ2v) is 7.63. The molecule has 1 saturated carbocycles. The van der Waals surface area contributed by atoms with Crippen molar-refractivity contribution in [1.29, 1.82) is 0 Å². The minimum absolute atomic E-state index is 0.0125. The van der Waals surface area contributed by atoms with Gasteiger partial charge < -0.3 is 9.64 Å². The Morgan fingerprint density at radius 1 is 1.19 bits per heavy atom. The number of aromatic nitrogens is 4. The molecule has 2 aromatic rings. The monoisotopic (exact) mass is 369 g/mol. The van der Waals surface area contributed by atoms with Gasteiger partial charge in [0.25, 0.3) is 5.91 Å². The zero-order chi connectivity index (χ0) is 18.6. The molecule has 0 radical (unpaired) electrons. The Hall–Kier alpha value is -2.44. The minimum atomic E-state index is -0.0125. The van der Waals surface area contributed by atoms with Crippen molar-refractivity contribution < 1.29 is 9.53 Å². The minimum Gasteiger partial charge on any atom is -0.474 e. The maximum absolute atomic E-state index is 12.9. The molecule has 7 nitrogen and oxygen atoms in total. The lowest BCUT2D eigenvalue weighted by molar-refractivity contribution is 0.0581. The molecule has 7 heteroatoms. The summed E-state index contributed by atoms with van der Waals surface area (Å²) in [6, 6.07) is 5.65. The molecule has 1 saturated heterocycles. The predicted octanol–water partition coefficient (Wildman–Crippen LogP) is 2.86. The number of hydrogen-bond acceptors (Lipinski definition) is 5. The molecule has 0 N–H and O–H groups in total. The van der Waals surface area contributed by atoms with E-state index in [9.17, 15) is 4.79 Å². The lowest BCUT2D eigenvalue weighted by Gasteiger charge is -2.31. The van der Waals surface area contributed by atoms with Gasteiger partial charge in [-0.1, -0.05) is 24.1 Å². The van der Waals surface area contributed by atoms with E-state index >= 15 is 0 Å². The van der Waals surface area contributed by atoms with Crippen LogP contribution >= 0.6 is 0 Å². The molecular weight excluding hydrogens is 342 g/mol. The van der Waals surface area contributed by atoms with E-state index < -0.39 is 0 Å². The van der Waals surface area contributed by atoms with Crippen molar-refractivity contribution in [3.8, 4) is 5.88 Å². The van der Waals surface area contributed by atoms with Crippen LogP contribution in [-0.4, -0.2) is 50.0 Å². The molecular formula is C20H27N5O2. The summed E-state index contributed by atoms with van der Waals surface area (Å²) < 4.78 is 7.83. The predicted molar refractivity (Wildman–Crippen MR) is 101 cm³/mol. The lowest BCUT2D eigenvalue weighted by Crippen LogP contribution is -2.42.